The molecule has 0 aliphatic carbocycles. The molecule has 1 atom stereocenters. The molecule has 0 aliphatic rings. The number of hydrogen-bond donors (Lipinski definition) is 2. The molecule has 23 heavy (non-hydrogen) atoms. The molecule has 0 bridgehead atoms. The van der Waals surface area contributed by atoms with Crippen molar-refractivity contribution < 1.29 is 10.0 Å². The molecule has 2 rings (SSSR count). The first-order valence-corrected chi connectivity index (χ1v) is 7.69. The highest BCUT2D eigenvalue weighted by molar-refractivity contribution is 5.86. The van der Waals surface area contributed by atoms with Gasteiger partial charge in [0.2, 0.25) is 0 Å². The van der Waals surface area contributed by atoms with Crippen LogP contribution in [0.5, 0.6) is 0 Å². The maximum absolute atomic E-state index is 12.1. The first-order valence-electron chi connectivity index (χ1n) is 7.69. The third-order valence-corrected chi connectivity index (χ3v) is 3.49. The highest BCUT2D eigenvalue weighted by atomic mass is 16.5. The van der Waals surface area contributed by atoms with E-state index in [4.69, 9.17) is 5.21 Å². The predicted octanol–water partition coefficient (Wildman–Crippen LogP) is 3.72. The van der Waals surface area contributed by atoms with Crippen molar-refractivity contribution in [2.45, 2.75) is 26.2 Å². The molecule has 118 valence electrons. The fourth-order valence-electron chi connectivity index (χ4n) is 2.32. The van der Waals surface area contributed by atoms with Crippen LogP contribution in [0.2, 0.25) is 0 Å². The lowest BCUT2D eigenvalue weighted by Gasteiger charge is -2.15. The summed E-state index contributed by atoms with van der Waals surface area (Å²) >= 11 is 0. The molecular weight excluding hydrogens is 286 g/mol. The fraction of sp³-hybridized carbons (Fsp3) is 0.250. The van der Waals surface area contributed by atoms with Crippen molar-refractivity contribution in [3.05, 3.63) is 71.3 Å². The molecule has 0 aromatic heterocycles. The zero-order chi connectivity index (χ0) is 16.7. The van der Waals surface area contributed by atoms with E-state index < -0.39 is 11.8 Å². The van der Waals surface area contributed by atoms with E-state index >= 15 is 0 Å². The van der Waals surface area contributed by atoms with Crippen LogP contribution in [-0.4, -0.2) is 11.1 Å². The van der Waals surface area contributed by atoms with Crippen molar-refractivity contribution in [2.24, 2.45) is 5.92 Å². The Labute approximate surface area is 137 Å². The Kier molecular flexibility index (Phi) is 5.96. The van der Waals surface area contributed by atoms with E-state index in [0.717, 1.165) is 23.1 Å². The van der Waals surface area contributed by atoms with E-state index in [1.54, 1.807) is 5.48 Å². The molecule has 0 saturated carbocycles. The van der Waals surface area contributed by atoms with Crippen LogP contribution in [0.3, 0.4) is 0 Å². The van der Waals surface area contributed by atoms with Gasteiger partial charge in [-0.25, -0.2) is 5.48 Å². The van der Waals surface area contributed by atoms with Crippen LogP contribution in [0.15, 0.2) is 54.6 Å². The number of rotatable bonds is 4. The van der Waals surface area contributed by atoms with E-state index in [-0.39, 0.29) is 0 Å². The SMILES string of the molecule is CC(C)CC#Cc1ccc(C(C(=O)NO)c2ccccc2)cc1. The van der Waals surface area contributed by atoms with Crippen LogP contribution in [0, 0.1) is 17.8 Å². The van der Waals surface area contributed by atoms with Crippen LogP contribution < -0.4 is 5.48 Å². The predicted molar refractivity (Wildman–Crippen MR) is 91.0 cm³/mol. The van der Waals surface area contributed by atoms with Crippen molar-refractivity contribution >= 4 is 5.91 Å². The van der Waals surface area contributed by atoms with Gasteiger partial charge in [0.05, 0.1) is 5.92 Å². The van der Waals surface area contributed by atoms with E-state index in [1.165, 1.54) is 0 Å². The Balaban J connectivity index is 2.26. The Morgan fingerprint density at radius 1 is 1.04 bits per heavy atom. The average Bonchev–Trinajstić information content (AvgIpc) is 2.57. The smallest absolute Gasteiger partial charge is 0.255 e. The number of hydrogen-bond acceptors (Lipinski definition) is 2. The van der Waals surface area contributed by atoms with Gasteiger partial charge in [0.1, 0.15) is 0 Å². The van der Waals surface area contributed by atoms with E-state index in [9.17, 15) is 4.79 Å². The maximum atomic E-state index is 12.1. The van der Waals surface area contributed by atoms with Gasteiger partial charge in [0, 0.05) is 12.0 Å². The summed E-state index contributed by atoms with van der Waals surface area (Å²) in [5, 5.41) is 9.03. The lowest BCUT2D eigenvalue weighted by molar-refractivity contribution is -0.129. The van der Waals surface area contributed by atoms with E-state index in [2.05, 4.69) is 25.7 Å². The standard InChI is InChI=1S/C20H21NO2/c1-15(2)7-6-8-16-11-13-18(14-12-16)19(20(22)21-23)17-9-4-3-5-10-17/h3-5,9-15,19,23H,7H2,1-2H3,(H,21,22). The van der Waals surface area contributed by atoms with Crippen molar-refractivity contribution in [1.82, 2.24) is 5.48 Å². The first-order chi connectivity index (χ1) is 11.1. The van der Waals surface area contributed by atoms with Gasteiger partial charge in [0.25, 0.3) is 5.91 Å². The summed E-state index contributed by atoms with van der Waals surface area (Å²) in [6, 6.07) is 17.0. The highest BCUT2D eigenvalue weighted by Gasteiger charge is 2.21. The molecule has 1 unspecified atom stereocenters. The Bertz CT molecular complexity index is 694. The van der Waals surface area contributed by atoms with Crippen LogP contribution in [0.4, 0.5) is 0 Å². The second kappa shape index (κ2) is 8.17. The van der Waals surface area contributed by atoms with Gasteiger partial charge in [-0.2, -0.15) is 0 Å². The molecule has 1 amide bonds. The van der Waals surface area contributed by atoms with Gasteiger partial charge in [-0.05, 0) is 29.2 Å². The van der Waals surface area contributed by atoms with Crippen molar-refractivity contribution in [3.8, 4) is 11.8 Å². The number of amides is 1. The number of hydroxylamine groups is 1. The minimum Gasteiger partial charge on any atom is -0.289 e. The molecule has 2 aromatic carbocycles. The largest absolute Gasteiger partial charge is 0.289 e. The lowest BCUT2D eigenvalue weighted by atomic mass is 9.90. The second-order valence-electron chi connectivity index (χ2n) is 5.84. The van der Waals surface area contributed by atoms with E-state index in [1.807, 2.05) is 54.6 Å². The minimum atomic E-state index is -0.543. The third-order valence-electron chi connectivity index (χ3n) is 3.49. The zero-order valence-corrected chi connectivity index (χ0v) is 13.4. The lowest BCUT2D eigenvalue weighted by Crippen LogP contribution is -2.27. The van der Waals surface area contributed by atoms with Crippen LogP contribution >= 0.6 is 0 Å². The third kappa shape index (κ3) is 4.70. The minimum absolute atomic E-state index is 0.449. The number of nitrogens with one attached hydrogen (secondary N) is 1. The molecular formula is C20H21NO2. The van der Waals surface area contributed by atoms with Gasteiger partial charge >= 0.3 is 0 Å². The Hall–Kier alpha value is -2.57. The van der Waals surface area contributed by atoms with Gasteiger partial charge in [-0.1, -0.05) is 68.2 Å². The van der Waals surface area contributed by atoms with Crippen LogP contribution in [0.25, 0.3) is 0 Å². The molecule has 0 aliphatic heterocycles. The summed E-state index contributed by atoms with van der Waals surface area (Å²) in [4.78, 5) is 12.1. The molecule has 0 fully saturated rings. The topological polar surface area (TPSA) is 49.3 Å². The number of carbonyl (C=O) groups excluding carboxylic acids is 1. The molecule has 0 radical (unpaired) electrons. The Morgan fingerprint density at radius 2 is 1.65 bits per heavy atom. The molecule has 0 saturated heterocycles. The van der Waals surface area contributed by atoms with Crippen molar-refractivity contribution in [3.63, 3.8) is 0 Å². The normalized spacial score (nSPS) is 11.5. The van der Waals surface area contributed by atoms with E-state index in [0.29, 0.717) is 5.92 Å². The summed E-state index contributed by atoms with van der Waals surface area (Å²) in [5.74, 6) is 5.83. The fourth-order valence-corrected chi connectivity index (χ4v) is 2.32. The number of benzene rings is 2. The summed E-state index contributed by atoms with van der Waals surface area (Å²) < 4.78 is 0. The Morgan fingerprint density at radius 3 is 2.22 bits per heavy atom. The maximum Gasteiger partial charge on any atom is 0.255 e. The molecule has 0 heterocycles. The van der Waals surface area contributed by atoms with Gasteiger partial charge < -0.3 is 0 Å². The van der Waals surface area contributed by atoms with Crippen LogP contribution in [0.1, 0.15) is 42.9 Å². The van der Waals surface area contributed by atoms with Crippen molar-refractivity contribution in [1.29, 1.82) is 0 Å². The summed E-state index contributed by atoms with van der Waals surface area (Å²) in [5.41, 5.74) is 4.33. The zero-order valence-electron chi connectivity index (χ0n) is 13.4. The van der Waals surface area contributed by atoms with Crippen molar-refractivity contribution in [2.75, 3.05) is 0 Å². The molecule has 0 spiro atoms. The highest BCUT2D eigenvalue weighted by Crippen LogP contribution is 2.25. The average molecular weight is 307 g/mol. The van der Waals surface area contributed by atoms with Crippen LogP contribution in [-0.2, 0) is 4.79 Å². The van der Waals surface area contributed by atoms with Gasteiger partial charge in [-0.3, -0.25) is 10.0 Å². The molecule has 2 aromatic rings. The quantitative estimate of drug-likeness (QED) is 0.514. The number of carbonyl (C=O) groups is 1. The monoisotopic (exact) mass is 307 g/mol. The molecule has 2 N–H and O–H groups in total. The molecule has 3 nitrogen and oxygen atoms in total. The summed E-state index contributed by atoms with van der Waals surface area (Å²) in [6.07, 6.45) is 0.862. The van der Waals surface area contributed by atoms with Gasteiger partial charge in [0.15, 0.2) is 0 Å². The molecule has 3 heteroatoms. The summed E-state index contributed by atoms with van der Waals surface area (Å²) in [6.45, 7) is 4.27. The summed E-state index contributed by atoms with van der Waals surface area (Å²) in [7, 11) is 0. The van der Waals surface area contributed by atoms with Gasteiger partial charge in [-0.15, -0.1) is 0 Å². The first kappa shape index (κ1) is 16.8. The second-order valence-corrected chi connectivity index (χ2v) is 5.84.